The first-order valence-electron chi connectivity index (χ1n) is 18.6. The van der Waals surface area contributed by atoms with E-state index in [9.17, 15) is 57.5 Å². The summed E-state index contributed by atoms with van der Waals surface area (Å²) in [6.45, 7) is -2.16. The van der Waals surface area contributed by atoms with E-state index in [0.29, 0.717) is 0 Å². The van der Waals surface area contributed by atoms with Crippen LogP contribution in [0.2, 0.25) is 0 Å². The molecular weight excluding hydrogens is 816 g/mol. The molecule has 0 aliphatic rings. The molecule has 0 aromatic carbocycles. The van der Waals surface area contributed by atoms with E-state index in [4.69, 9.17) is 59.1 Å². The first-order chi connectivity index (χ1) is 28.2. The second kappa shape index (κ2) is 30.7. The molecule has 0 bridgehead atoms. The van der Waals surface area contributed by atoms with Gasteiger partial charge in [-0.15, -0.1) is 0 Å². The van der Waals surface area contributed by atoms with Crippen LogP contribution in [0.1, 0.15) is 116 Å². The summed E-state index contributed by atoms with van der Waals surface area (Å²) in [5.74, 6) is -14.9. The fraction of sp³-hybridized carbons (Fsp3) is 0.667. The monoisotopic (exact) mass is 866 g/mol. The van der Waals surface area contributed by atoms with E-state index >= 15 is 0 Å². The van der Waals surface area contributed by atoms with Gasteiger partial charge in [-0.25, -0.2) is 0 Å². The van der Waals surface area contributed by atoms with Crippen molar-refractivity contribution in [2.75, 3.05) is 13.2 Å². The zero-order valence-electron chi connectivity index (χ0n) is 32.5. The molecule has 24 heteroatoms. The average molecular weight is 867 g/mol. The Morgan fingerprint density at radius 3 is 0.700 bits per heavy atom. The third kappa shape index (κ3) is 28.9. The van der Waals surface area contributed by atoms with Gasteiger partial charge in [-0.3, -0.25) is 57.5 Å². The van der Waals surface area contributed by atoms with Crippen molar-refractivity contribution in [3.05, 3.63) is 0 Å². The molecular formula is C36H50O24. The third-order valence-corrected chi connectivity index (χ3v) is 7.60. The van der Waals surface area contributed by atoms with Crippen molar-refractivity contribution in [2.45, 2.75) is 140 Å². The van der Waals surface area contributed by atoms with E-state index in [1.165, 1.54) is 0 Å². The summed E-state index contributed by atoms with van der Waals surface area (Å²) in [7, 11) is 0. The summed E-state index contributed by atoms with van der Waals surface area (Å²) in [4.78, 5) is 144. The Morgan fingerprint density at radius 2 is 0.483 bits per heavy atom. The number of hydrogen-bond donors (Lipinski definition) is 6. The first-order valence-corrected chi connectivity index (χ1v) is 18.6. The summed E-state index contributed by atoms with van der Waals surface area (Å²) in [6.07, 6.45) is -17.2. The highest BCUT2D eigenvalue weighted by Crippen LogP contribution is 2.24. The molecule has 0 saturated heterocycles. The molecule has 0 heterocycles. The molecule has 0 rings (SSSR count). The van der Waals surface area contributed by atoms with E-state index in [-0.39, 0.29) is 38.5 Å². The van der Waals surface area contributed by atoms with Crippen LogP contribution >= 0.6 is 0 Å². The van der Waals surface area contributed by atoms with Crippen LogP contribution in [0.5, 0.6) is 0 Å². The molecule has 4 atom stereocenters. The molecule has 0 saturated carbocycles. The molecule has 0 unspecified atom stereocenters. The number of aliphatic carboxylic acids is 6. The fourth-order valence-electron chi connectivity index (χ4n) is 4.78. The molecule has 0 fully saturated rings. The summed E-state index contributed by atoms with van der Waals surface area (Å²) < 4.78 is 32.3. The number of rotatable bonds is 35. The molecule has 338 valence electrons. The van der Waals surface area contributed by atoms with Crippen LogP contribution in [-0.4, -0.2) is 140 Å². The van der Waals surface area contributed by atoms with Crippen LogP contribution < -0.4 is 0 Å². The van der Waals surface area contributed by atoms with Crippen molar-refractivity contribution in [1.29, 1.82) is 0 Å². The van der Waals surface area contributed by atoms with Crippen molar-refractivity contribution in [3.63, 3.8) is 0 Å². The van der Waals surface area contributed by atoms with Gasteiger partial charge in [0, 0.05) is 77.0 Å². The highest BCUT2D eigenvalue weighted by Gasteiger charge is 2.45. The maximum atomic E-state index is 13.3. The van der Waals surface area contributed by atoms with Gasteiger partial charge in [-0.1, -0.05) is 0 Å². The molecule has 0 amide bonds. The lowest BCUT2D eigenvalue weighted by Crippen LogP contribution is -2.54. The minimum atomic E-state index is -2.25. The first kappa shape index (κ1) is 53.6. The highest BCUT2D eigenvalue weighted by atomic mass is 16.6. The van der Waals surface area contributed by atoms with Crippen molar-refractivity contribution in [1.82, 2.24) is 0 Å². The lowest BCUT2D eigenvalue weighted by Gasteiger charge is -2.36. The molecule has 6 N–H and O–H groups in total. The third-order valence-electron chi connectivity index (χ3n) is 7.60. The SMILES string of the molecule is O=C(O)CCCC(=O)OC[C@H](OC(=O)CCCC(=O)O)[C@@H](OC(=O)CCCC(=O)O)[C@H](OC(=O)CCCC(=O)O)[C@@H](COC(=O)CCCC(=O)O)OC(=O)CCCC(=O)O. The van der Waals surface area contributed by atoms with Crippen LogP contribution in [0.25, 0.3) is 0 Å². The Morgan fingerprint density at radius 1 is 0.283 bits per heavy atom. The van der Waals surface area contributed by atoms with Crippen molar-refractivity contribution in [2.24, 2.45) is 0 Å². The van der Waals surface area contributed by atoms with E-state index in [2.05, 4.69) is 0 Å². The van der Waals surface area contributed by atoms with Gasteiger partial charge in [-0.2, -0.15) is 0 Å². The second-order valence-electron chi connectivity index (χ2n) is 12.8. The predicted molar refractivity (Wildman–Crippen MR) is 190 cm³/mol. The van der Waals surface area contributed by atoms with Gasteiger partial charge >= 0.3 is 71.6 Å². The molecule has 0 aromatic rings. The molecule has 24 nitrogen and oxygen atoms in total. The van der Waals surface area contributed by atoms with Crippen LogP contribution in [0, 0.1) is 0 Å². The molecule has 0 aliphatic heterocycles. The average Bonchev–Trinajstić information content (AvgIpc) is 3.12. The molecule has 0 aromatic heterocycles. The molecule has 0 aliphatic carbocycles. The quantitative estimate of drug-likeness (QED) is 0.0385. The van der Waals surface area contributed by atoms with Crippen LogP contribution in [0.4, 0.5) is 0 Å². The highest BCUT2D eigenvalue weighted by molar-refractivity contribution is 5.75. The van der Waals surface area contributed by atoms with Gasteiger partial charge in [0.25, 0.3) is 0 Å². The van der Waals surface area contributed by atoms with E-state index in [0.717, 1.165) is 0 Å². The summed E-state index contributed by atoms with van der Waals surface area (Å²) in [5.41, 5.74) is 0. The minimum absolute atomic E-state index is 0.232. The molecule has 0 radical (unpaired) electrons. The van der Waals surface area contributed by atoms with Gasteiger partial charge in [0.15, 0.2) is 24.4 Å². The lowest BCUT2D eigenvalue weighted by molar-refractivity contribution is -0.209. The Labute approximate surface area is 341 Å². The number of ether oxygens (including phenoxy) is 6. The Kier molecular flexibility index (Phi) is 27.4. The zero-order valence-corrected chi connectivity index (χ0v) is 32.5. The standard InChI is InChI=1S/C36H50O24/c37-23(38)7-1-13-29(49)55-19-21(57-31(51)15-3-9-25(41)42)35(59-33(53)17-5-11-27(45)46)36(60-34(54)18-6-12-28(47)48)22(58-32(52)16-4-10-26(43)44)20-56-30(50)14-2-8-24(39)40/h21-22,35-36H,1-20H2,(H,37,38)(H,39,40)(H,41,42)(H,43,44)(H,45,46)(H,47,48)/t21-,22+,35-,36-/m1/s1. The normalized spacial score (nSPS) is 12.6. The fourth-order valence-corrected chi connectivity index (χ4v) is 4.78. The number of carboxylic acids is 6. The van der Waals surface area contributed by atoms with Gasteiger partial charge in [-0.05, 0) is 38.5 Å². The van der Waals surface area contributed by atoms with Crippen molar-refractivity contribution in [3.8, 4) is 0 Å². The predicted octanol–water partition coefficient (Wildman–Crippen LogP) is 1.25. The summed E-state index contributed by atoms with van der Waals surface area (Å²) in [5, 5.41) is 54.0. The van der Waals surface area contributed by atoms with E-state index in [1.54, 1.807) is 0 Å². The van der Waals surface area contributed by atoms with Gasteiger partial charge in [0.2, 0.25) is 0 Å². The maximum absolute atomic E-state index is 13.3. The van der Waals surface area contributed by atoms with Crippen LogP contribution in [-0.2, 0) is 86.0 Å². The Bertz CT molecular complexity index is 1390. The zero-order chi connectivity index (χ0) is 45.6. The maximum Gasteiger partial charge on any atom is 0.306 e. The topological polar surface area (TPSA) is 382 Å². The van der Waals surface area contributed by atoms with Crippen LogP contribution in [0.3, 0.4) is 0 Å². The van der Waals surface area contributed by atoms with Gasteiger partial charge in [0.05, 0.1) is 0 Å². The van der Waals surface area contributed by atoms with E-state index in [1.807, 2.05) is 0 Å². The minimum Gasteiger partial charge on any atom is -0.481 e. The number of hydrogen-bond acceptors (Lipinski definition) is 18. The van der Waals surface area contributed by atoms with Crippen molar-refractivity contribution >= 4 is 71.6 Å². The number of carbonyl (C=O) groups excluding carboxylic acids is 6. The van der Waals surface area contributed by atoms with Gasteiger partial charge < -0.3 is 59.1 Å². The van der Waals surface area contributed by atoms with Gasteiger partial charge in [0.1, 0.15) is 13.2 Å². The van der Waals surface area contributed by atoms with Crippen molar-refractivity contribution < 1.29 is 117 Å². The molecule has 60 heavy (non-hydrogen) atoms. The molecule has 0 spiro atoms. The number of esters is 6. The number of carboxylic acid groups (broad SMARTS) is 6. The lowest BCUT2D eigenvalue weighted by atomic mass is 10.0. The Hall–Kier alpha value is -6.36. The second-order valence-corrected chi connectivity index (χ2v) is 12.8. The smallest absolute Gasteiger partial charge is 0.306 e. The van der Waals surface area contributed by atoms with E-state index < -0.39 is 186 Å². The summed E-state index contributed by atoms with van der Waals surface area (Å²) >= 11 is 0. The summed E-state index contributed by atoms with van der Waals surface area (Å²) in [6, 6.07) is 0. The largest absolute Gasteiger partial charge is 0.481 e. The Balaban J connectivity index is 7.41. The van der Waals surface area contributed by atoms with Crippen LogP contribution in [0.15, 0.2) is 0 Å². The number of carbonyl (C=O) groups is 12.